The van der Waals surface area contributed by atoms with Gasteiger partial charge in [-0.25, -0.2) is 4.98 Å². The Hall–Kier alpha value is -2.93. The third kappa shape index (κ3) is 3.58. The maximum Gasteiger partial charge on any atom is 0.270 e. The molecule has 7 heteroatoms. The van der Waals surface area contributed by atoms with E-state index in [0.29, 0.717) is 0 Å². The minimum absolute atomic E-state index is 0.0369. The molecule has 7 nitrogen and oxygen atoms in total. The highest BCUT2D eigenvalue weighted by atomic mass is 16.2. The lowest BCUT2D eigenvalue weighted by molar-refractivity contribution is 0.0949. The van der Waals surface area contributed by atoms with Crippen molar-refractivity contribution in [3.63, 3.8) is 0 Å². The predicted molar refractivity (Wildman–Crippen MR) is 60.1 cm³/mol. The monoisotopic (exact) mass is 243 g/mol. The molecule has 0 radical (unpaired) electrons. The molecular weight excluding hydrogens is 234 g/mol. The number of aromatic nitrogens is 1. The summed E-state index contributed by atoms with van der Waals surface area (Å²) in [6.07, 6.45) is 0. The van der Waals surface area contributed by atoms with E-state index in [1.807, 2.05) is 0 Å². The molecule has 0 saturated heterocycles. The number of nitrogens with zero attached hydrogens (tertiary/aromatic N) is 3. The van der Waals surface area contributed by atoms with Gasteiger partial charge in [-0.05, 0) is 12.1 Å². The van der Waals surface area contributed by atoms with Gasteiger partial charge in [-0.15, -0.1) is 0 Å². The fraction of sp³-hybridized carbons (Fsp3) is 0.182. The molecule has 0 bridgehead atoms. The molecule has 0 saturated carbocycles. The first-order valence-electron chi connectivity index (χ1n) is 4.96. The summed E-state index contributed by atoms with van der Waals surface area (Å²) in [5.41, 5.74) is 0.0738. The topological polar surface area (TPSA) is 119 Å². The van der Waals surface area contributed by atoms with Crippen LogP contribution in [-0.2, 0) is 0 Å². The number of carbonyl (C=O) groups is 2. The Morgan fingerprint density at radius 2 is 1.50 bits per heavy atom. The van der Waals surface area contributed by atoms with Crippen LogP contribution in [0.25, 0.3) is 0 Å². The lowest BCUT2D eigenvalue weighted by atomic mass is 10.2. The van der Waals surface area contributed by atoms with Gasteiger partial charge in [0.1, 0.15) is 24.5 Å². The van der Waals surface area contributed by atoms with E-state index in [1.54, 1.807) is 12.1 Å². The number of amides is 2. The molecule has 0 aliphatic carbocycles. The van der Waals surface area contributed by atoms with Crippen molar-refractivity contribution in [1.82, 2.24) is 15.6 Å². The van der Waals surface area contributed by atoms with E-state index in [1.165, 1.54) is 18.2 Å². The number of hydrogen-bond acceptors (Lipinski definition) is 5. The van der Waals surface area contributed by atoms with Crippen molar-refractivity contribution in [1.29, 1.82) is 10.5 Å². The van der Waals surface area contributed by atoms with Crippen LogP contribution < -0.4 is 10.6 Å². The molecule has 2 amide bonds. The molecule has 0 aliphatic heterocycles. The quantitative estimate of drug-likeness (QED) is 0.696. The van der Waals surface area contributed by atoms with E-state index in [2.05, 4.69) is 15.6 Å². The van der Waals surface area contributed by atoms with Crippen LogP contribution in [0, 0.1) is 22.7 Å². The maximum absolute atomic E-state index is 11.5. The van der Waals surface area contributed by atoms with E-state index in [4.69, 9.17) is 10.5 Å². The van der Waals surface area contributed by atoms with Crippen LogP contribution in [0.3, 0.4) is 0 Å². The largest absolute Gasteiger partial charge is 0.338 e. The number of rotatable bonds is 4. The normalized spacial score (nSPS) is 8.78. The zero-order valence-corrected chi connectivity index (χ0v) is 9.30. The third-order valence-electron chi connectivity index (χ3n) is 1.87. The summed E-state index contributed by atoms with van der Waals surface area (Å²) in [5.74, 6) is -1.07. The lowest BCUT2D eigenvalue weighted by Crippen LogP contribution is -2.27. The Balaban J connectivity index is 2.80. The molecular formula is C11H9N5O2. The number of hydrogen-bond donors (Lipinski definition) is 2. The van der Waals surface area contributed by atoms with Gasteiger partial charge in [-0.3, -0.25) is 9.59 Å². The lowest BCUT2D eigenvalue weighted by Gasteiger charge is -2.03. The fourth-order valence-corrected chi connectivity index (χ4v) is 1.11. The van der Waals surface area contributed by atoms with E-state index in [-0.39, 0.29) is 24.5 Å². The molecule has 0 fully saturated rings. The molecule has 0 unspecified atom stereocenters. The van der Waals surface area contributed by atoms with Gasteiger partial charge >= 0.3 is 0 Å². The first-order valence-corrected chi connectivity index (χ1v) is 4.96. The van der Waals surface area contributed by atoms with E-state index < -0.39 is 11.8 Å². The van der Waals surface area contributed by atoms with Crippen molar-refractivity contribution in [3.05, 3.63) is 29.6 Å². The molecule has 0 atom stereocenters. The SMILES string of the molecule is N#CCNC(=O)c1cccc(C(=O)NCC#N)n1. The van der Waals surface area contributed by atoms with Crippen LogP contribution in [0.2, 0.25) is 0 Å². The summed E-state index contributed by atoms with van der Waals surface area (Å²) in [5, 5.41) is 21.3. The first-order chi connectivity index (χ1) is 8.69. The Bertz CT molecular complexity index is 496. The van der Waals surface area contributed by atoms with E-state index in [0.717, 1.165) is 0 Å². The fourth-order valence-electron chi connectivity index (χ4n) is 1.11. The van der Waals surface area contributed by atoms with Crippen molar-refractivity contribution in [3.8, 4) is 12.1 Å². The molecule has 0 aromatic carbocycles. The average molecular weight is 243 g/mol. The summed E-state index contributed by atoms with van der Waals surface area (Å²) < 4.78 is 0. The number of carbonyl (C=O) groups excluding carboxylic acids is 2. The third-order valence-corrected chi connectivity index (χ3v) is 1.87. The molecule has 1 aromatic heterocycles. The van der Waals surface area contributed by atoms with Crippen LogP contribution >= 0.6 is 0 Å². The summed E-state index contributed by atoms with van der Waals surface area (Å²) in [4.78, 5) is 26.8. The maximum atomic E-state index is 11.5. The molecule has 1 heterocycles. The number of nitriles is 2. The van der Waals surface area contributed by atoms with Crippen LogP contribution in [0.4, 0.5) is 0 Å². The average Bonchev–Trinajstić information content (AvgIpc) is 2.42. The first kappa shape index (κ1) is 13.1. The zero-order valence-electron chi connectivity index (χ0n) is 9.30. The van der Waals surface area contributed by atoms with Gasteiger partial charge in [0.2, 0.25) is 0 Å². The minimum atomic E-state index is -0.536. The second kappa shape index (κ2) is 6.61. The molecule has 0 aliphatic rings. The molecule has 1 aromatic rings. The van der Waals surface area contributed by atoms with Gasteiger partial charge in [-0.1, -0.05) is 6.07 Å². The highest BCUT2D eigenvalue weighted by molar-refractivity contribution is 5.96. The van der Waals surface area contributed by atoms with Crippen molar-refractivity contribution in [2.75, 3.05) is 13.1 Å². The Labute approximate surface area is 103 Å². The van der Waals surface area contributed by atoms with Gasteiger partial charge in [0.25, 0.3) is 11.8 Å². The highest BCUT2D eigenvalue weighted by Gasteiger charge is 2.11. The molecule has 90 valence electrons. The summed E-state index contributed by atoms with van der Waals surface area (Å²) in [6, 6.07) is 7.86. The van der Waals surface area contributed by atoms with Gasteiger partial charge in [-0.2, -0.15) is 10.5 Å². The standard InChI is InChI=1S/C11H9N5O2/c12-4-6-14-10(17)8-2-1-3-9(16-8)11(18)15-7-5-13/h1-3H,6-7H2,(H,14,17)(H,15,18). The van der Waals surface area contributed by atoms with Crippen LogP contribution in [0.15, 0.2) is 18.2 Å². The number of nitrogens with one attached hydrogen (secondary N) is 2. The Morgan fingerprint density at radius 1 is 1.06 bits per heavy atom. The predicted octanol–water partition coefficient (Wildman–Crippen LogP) is -0.412. The van der Waals surface area contributed by atoms with E-state index in [9.17, 15) is 9.59 Å². The van der Waals surface area contributed by atoms with Crippen molar-refractivity contribution >= 4 is 11.8 Å². The minimum Gasteiger partial charge on any atom is -0.338 e. The van der Waals surface area contributed by atoms with Gasteiger partial charge in [0.15, 0.2) is 0 Å². The van der Waals surface area contributed by atoms with Gasteiger partial charge in [0.05, 0.1) is 12.1 Å². The van der Waals surface area contributed by atoms with Crippen molar-refractivity contribution in [2.24, 2.45) is 0 Å². The second-order valence-corrected chi connectivity index (χ2v) is 3.09. The summed E-state index contributed by atoms with van der Waals surface area (Å²) >= 11 is 0. The smallest absolute Gasteiger partial charge is 0.270 e. The van der Waals surface area contributed by atoms with Crippen LogP contribution in [0.5, 0.6) is 0 Å². The summed E-state index contributed by atoms with van der Waals surface area (Å²) in [6.45, 7) is -0.267. The van der Waals surface area contributed by atoms with Crippen molar-refractivity contribution in [2.45, 2.75) is 0 Å². The van der Waals surface area contributed by atoms with Crippen molar-refractivity contribution < 1.29 is 9.59 Å². The Morgan fingerprint density at radius 3 is 1.89 bits per heavy atom. The summed E-state index contributed by atoms with van der Waals surface area (Å²) in [7, 11) is 0. The second-order valence-electron chi connectivity index (χ2n) is 3.09. The Kier molecular flexibility index (Phi) is 4.82. The molecule has 1 rings (SSSR count). The van der Waals surface area contributed by atoms with Gasteiger partial charge in [0, 0.05) is 0 Å². The molecule has 0 spiro atoms. The molecule has 18 heavy (non-hydrogen) atoms. The van der Waals surface area contributed by atoms with E-state index >= 15 is 0 Å². The van der Waals surface area contributed by atoms with Crippen LogP contribution in [-0.4, -0.2) is 29.9 Å². The van der Waals surface area contributed by atoms with Crippen LogP contribution in [0.1, 0.15) is 21.0 Å². The zero-order chi connectivity index (χ0) is 13.4. The highest BCUT2D eigenvalue weighted by Crippen LogP contribution is 1.99. The number of pyridine rings is 1. The van der Waals surface area contributed by atoms with Gasteiger partial charge < -0.3 is 10.6 Å². The molecule has 2 N–H and O–H groups in total.